The van der Waals surface area contributed by atoms with Crippen LogP contribution in [0.2, 0.25) is 0 Å². The molecule has 1 N–H and O–H groups in total. The number of hydrogen-bond acceptors (Lipinski definition) is 1. The van der Waals surface area contributed by atoms with Crippen LogP contribution in [0.4, 0.5) is 13.2 Å². The van der Waals surface area contributed by atoms with Crippen LogP contribution in [-0.4, -0.2) is 17.4 Å². The van der Waals surface area contributed by atoms with E-state index in [-0.39, 0.29) is 18.8 Å². The minimum atomic E-state index is -4.16. The maximum absolute atomic E-state index is 13.0. The third-order valence-electron chi connectivity index (χ3n) is 8.79. The van der Waals surface area contributed by atoms with Gasteiger partial charge in [0.15, 0.2) is 0 Å². The average Bonchev–Trinajstić information content (AvgIpc) is 3.13. The first kappa shape index (κ1) is 22.4. The largest absolute Gasteiger partial charge is 0.392 e. The first-order valence-corrected chi connectivity index (χ1v) is 12.4. The Bertz CT molecular complexity index is 641. The van der Waals surface area contributed by atoms with Gasteiger partial charge >= 0.3 is 6.18 Å². The molecule has 0 radical (unpaired) electrons. The zero-order chi connectivity index (χ0) is 21.3. The van der Waals surface area contributed by atoms with E-state index in [1.54, 1.807) is 5.57 Å². The van der Waals surface area contributed by atoms with Crippen LogP contribution < -0.4 is 0 Å². The van der Waals surface area contributed by atoms with Gasteiger partial charge in [0.05, 0.1) is 12.0 Å². The Morgan fingerprint density at radius 2 is 1.70 bits per heavy atom. The minimum absolute atomic E-state index is 0.0395. The van der Waals surface area contributed by atoms with E-state index in [9.17, 15) is 18.3 Å². The van der Waals surface area contributed by atoms with Crippen molar-refractivity contribution in [2.24, 2.45) is 35.5 Å². The molecular formula is C26H39F3O. The fourth-order valence-electron chi connectivity index (χ4n) is 6.90. The summed E-state index contributed by atoms with van der Waals surface area (Å²) in [5.41, 5.74) is 2.95. The predicted molar refractivity (Wildman–Crippen MR) is 115 cm³/mol. The molecular weight excluding hydrogens is 385 g/mol. The molecule has 0 bridgehead atoms. The maximum atomic E-state index is 13.0. The summed E-state index contributed by atoms with van der Waals surface area (Å²) in [4.78, 5) is 0. The fraction of sp³-hybridized carbons (Fsp3) is 0.846. The summed E-state index contributed by atoms with van der Waals surface area (Å²) in [7, 11) is 0. The molecule has 30 heavy (non-hydrogen) atoms. The summed E-state index contributed by atoms with van der Waals surface area (Å²) >= 11 is 0. The number of halogens is 3. The quantitative estimate of drug-likeness (QED) is 0.461. The summed E-state index contributed by atoms with van der Waals surface area (Å²) < 4.78 is 38.9. The summed E-state index contributed by atoms with van der Waals surface area (Å²) in [6.07, 6.45) is 13.0. The van der Waals surface area contributed by atoms with Crippen LogP contribution in [0.25, 0.3) is 0 Å². The molecule has 4 aliphatic rings. The van der Waals surface area contributed by atoms with E-state index in [0.29, 0.717) is 6.42 Å². The average molecular weight is 425 g/mol. The van der Waals surface area contributed by atoms with Gasteiger partial charge in [-0.3, -0.25) is 0 Å². The Labute approximate surface area is 180 Å². The number of alkyl halides is 3. The molecule has 0 aromatic heterocycles. The van der Waals surface area contributed by atoms with Crippen molar-refractivity contribution in [1.82, 2.24) is 0 Å². The van der Waals surface area contributed by atoms with Crippen LogP contribution in [-0.2, 0) is 0 Å². The van der Waals surface area contributed by atoms with Gasteiger partial charge in [0, 0.05) is 5.92 Å². The van der Waals surface area contributed by atoms with Gasteiger partial charge < -0.3 is 5.11 Å². The summed E-state index contributed by atoms with van der Waals surface area (Å²) in [5, 5.41) is 10.4. The summed E-state index contributed by atoms with van der Waals surface area (Å²) in [6, 6.07) is 0. The summed E-state index contributed by atoms with van der Waals surface area (Å²) in [5.74, 6) is 1.86. The number of aliphatic hydroxyl groups is 1. The van der Waals surface area contributed by atoms with Crippen LogP contribution in [0.15, 0.2) is 23.3 Å². The zero-order valence-corrected chi connectivity index (χ0v) is 18.5. The van der Waals surface area contributed by atoms with Crippen LogP contribution in [0, 0.1) is 35.5 Å². The van der Waals surface area contributed by atoms with Gasteiger partial charge in [-0.2, -0.15) is 13.2 Å². The van der Waals surface area contributed by atoms with Gasteiger partial charge in [-0.1, -0.05) is 30.2 Å². The topological polar surface area (TPSA) is 20.2 Å². The maximum Gasteiger partial charge on any atom is 0.391 e. The molecule has 4 rings (SSSR count). The first-order chi connectivity index (χ1) is 14.3. The molecule has 0 aromatic carbocycles. The van der Waals surface area contributed by atoms with Crippen molar-refractivity contribution in [2.75, 3.05) is 0 Å². The highest BCUT2D eigenvalue weighted by Gasteiger charge is 2.45. The second kappa shape index (κ2) is 9.38. The van der Waals surface area contributed by atoms with Gasteiger partial charge in [-0.05, 0) is 107 Å². The van der Waals surface area contributed by atoms with Crippen molar-refractivity contribution in [2.45, 2.75) is 103 Å². The Morgan fingerprint density at radius 1 is 0.933 bits per heavy atom. The van der Waals surface area contributed by atoms with Crippen molar-refractivity contribution in [3.8, 4) is 0 Å². The third-order valence-corrected chi connectivity index (χ3v) is 8.79. The Morgan fingerprint density at radius 3 is 2.27 bits per heavy atom. The number of aliphatic hydroxyl groups excluding tert-OH is 1. The van der Waals surface area contributed by atoms with E-state index in [4.69, 9.17) is 0 Å². The standard InChI is InChI=1S/C26H39F3O/c1-17-2-3-19(14-17)15-18-4-6-20(7-5-18)21-8-10-22(11-9-21)24-13-12-23(16-25(24)30)26(27,28)29/h10,14,17-18,20-21,23-25,30H,2-9,11-13,15-16H2,1H3. The van der Waals surface area contributed by atoms with Crippen LogP contribution >= 0.6 is 0 Å². The Hall–Kier alpha value is -0.770. The van der Waals surface area contributed by atoms with Gasteiger partial charge in [-0.25, -0.2) is 0 Å². The highest BCUT2D eigenvalue weighted by molar-refractivity contribution is 5.14. The lowest BCUT2D eigenvalue weighted by atomic mass is 9.68. The van der Waals surface area contributed by atoms with E-state index in [2.05, 4.69) is 19.1 Å². The van der Waals surface area contributed by atoms with Crippen molar-refractivity contribution >= 4 is 0 Å². The lowest BCUT2D eigenvalue weighted by Gasteiger charge is -2.39. The fourth-order valence-corrected chi connectivity index (χ4v) is 6.90. The molecule has 2 fully saturated rings. The molecule has 170 valence electrons. The van der Waals surface area contributed by atoms with Crippen molar-refractivity contribution < 1.29 is 18.3 Å². The number of hydrogen-bond donors (Lipinski definition) is 1. The van der Waals surface area contributed by atoms with Crippen molar-refractivity contribution in [3.05, 3.63) is 23.3 Å². The highest BCUT2D eigenvalue weighted by Crippen LogP contribution is 2.46. The predicted octanol–water partition coefficient (Wildman–Crippen LogP) is 7.61. The molecule has 4 aliphatic carbocycles. The number of rotatable bonds is 4. The SMILES string of the molecule is CC1C=C(CC2CCC(C3CC=C(C4CCC(C(F)(F)F)CC4O)CC3)CC2)CC1. The van der Waals surface area contributed by atoms with Crippen LogP contribution in [0.5, 0.6) is 0 Å². The molecule has 0 aromatic rings. The normalized spacial score (nSPS) is 40.8. The zero-order valence-electron chi connectivity index (χ0n) is 18.5. The smallest absolute Gasteiger partial charge is 0.391 e. The molecule has 5 unspecified atom stereocenters. The van der Waals surface area contributed by atoms with Gasteiger partial charge in [-0.15, -0.1) is 0 Å². The lowest BCUT2D eigenvalue weighted by Crippen LogP contribution is -2.37. The molecule has 0 spiro atoms. The monoisotopic (exact) mass is 424 g/mol. The van der Waals surface area contributed by atoms with E-state index < -0.39 is 18.2 Å². The Kier molecular flexibility index (Phi) is 7.01. The van der Waals surface area contributed by atoms with E-state index in [1.807, 2.05) is 0 Å². The van der Waals surface area contributed by atoms with E-state index >= 15 is 0 Å². The van der Waals surface area contributed by atoms with Crippen molar-refractivity contribution in [3.63, 3.8) is 0 Å². The third kappa shape index (κ3) is 5.34. The van der Waals surface area contributed by atoms with E-state index in [0.717, 1.165) is 42.9 Å². The minimum Gasteiger partial charge on any atom is -0.392 e. The second-order valence-electron chi connectivity index (χ2n) is 10.9. The lowest BCUT2D eigenvalue weighted by molar-refractivity contribution is -0.192. The van der Waals surface area contributed by atoms with Gasteiger partial charge in [0.1, 0.15) is 0 Å². The highest BCUT2D eigenvalue weighted by atomic mass is 19.4. The van der Waals surface area contributed by atoms with Crippen molar-refractivity contribution in [1.29, 1.82) is 0 Å². The van der Waals surface area contributed by atoms with Crippen LogP contribution in [0.3, 0.4) is 0 Å². The molecule has 0 saturated heterocycles. The van der Waals surface area contributed by atoms with Gasteiger partial charge in [0.2, 0.25) is 0 Å². The molecule has 0 heterocycles. The van der Waals surface area contributed by atoms with Crippen LogP contribution in [0.1, 0.15) is 90.4 Å². The number of allylic oxidation sites excluding steroid dienone is 3. The van der Waals surface area contributed by atoms with Gasteiger partial charge in [0.25, 0.3) is 0 Å². The molecule has 0 aliphatic heterocycles. The second-order valence-corrected chi connectivity index (χ2v) is 10.9. The first-order valence-electron chi connectivity index (χ1n) is 12.4. The molecule has 2 saturated carbocycles. The van der Waals surface area contributed by atoms with E-state index in [1.165, 1.54) is 50.5 Å². The molecule has 5 atom stereocenters. The molecule has 0 amide bonds. The molecule has 1 nitrogen and oxygen atoms in total. The summed E-state index contributed by atoms with van der Waals surface area (Å²) in [6.45, 7) is 2.33. The Balaban J connectivity index is 1.23. The molecule has 4 heteroatoms.